The van der Waals surface area contributed by atoms with E-state index in [4.69, 9.17) is 0 Å². The van der Waals surface area contributed by atoms with Crippen LogP contribution in [0.5, 0.6) is 0 Å². The van der Waals surface area contributed by atoms with Crippen LogP contribution in [0.1, 0.15) is 219 Å². The Morgan fingerprint density at radius 3 is 0.581 bits per heavy atom. The van der Waals surface area contributed by atoms with Gasteiger partial charge in [-0.05, 0) is 25.7 Å². The summed E-state index contributed by atoms with van der Waals surface area (Å²) in [5.41, 5.74) is 0. The van der Waals surface area contributed by atoms with Gasteiger partial charge in [0.05, 0.1) is 0 Å². The van der Waals surface area contributed by atoms with Gasteiger partial charge in [-0.3, -0.25) is 0 Å². The molecule has 0 aromatic carbocycles. The van der Waals surface area contributed by atoms with E-state index in [2.05, 4.69) is 13.8 Å². The Morgan fingerprint density at radius 1 is 0.302 bits per heavy atom. The van der Waals surface area contributed by atoms with E-state index in [1.54, 1.807) is 0 Å². The van der Waals surface area contributed by atoms with Crippen LogP contribution in [0.15, 0.2) is 0 Å². The maximum Gasteiger partial charge on any atom is 2.00 e. The van der Waals surface area contributed by atoms with Gasteiger partial charge in [0, 0.05) is 0 Å². The van der Waals surface area contributed by atoms with Crippen molar-refractivity contribution in [3.63, 3.8) is 0 Å². The average molecular weight is 685 g/mol. The summed E-state index contributed by atoms with van der Waals surface area (Å²) in [7, 11) is -4.29. The van der Waals surface area contributed by atoms with Crippen LogP contribution in [0.25, 0.3) is 0 Å². The van der Waals surface area contributed by atoms with Gasteiger partial charge in [-0.2, -0.15) is 0 Å². The SMILES string of the molecule is CCCCCCCCCCCCCCCCCC[P+](=O)[O-].CCCCCCCCCCCCCCCCCC[P+](=O)[O-].[Cr+2]. The predicted molar refractivity (Wildman–Crippen MR) is 184 cm³/mol. The van der Waals surface area contributed by atoms with Crippen molar-refractivity contribution in [2.24, 2.45) is 0 Å². The molecule has 0 bridgehead atoms. The Bertz CT molecular complexity index is 491. The monoisotopic (exact) mass is 684 g/mol. The molecule has 0 heterocycles. The minimum absolute atomic E-state index is 0. The average Bonchev–Trinajstić information content (AvgIpc) is 2.97. The van der Waals surface area contributed by atoms with Gasteiger partial charge in [0.1, 0.15) is 12.3 Å². The molecule has 0 saturated heterocycles. The second-order valence-corrected chi connectivity index (χ2v) is 14.9. The smallest absolute Gasteiger partial charge is 0.596 e. The molecule has 4 nitrogen and oxygen atoms in total. The molecule has 43 heavy (non-hydrogen) atoms. The minimum atomic E-state index is -2.14. The van der Waals surface area contributed by atoms with Crippen LogP contribution in [-0.4, -0.2) is 12.3 Å². The molecule has 0 amide bonds. The van der Waals surface area contributed by atoms with E-state index in [0.29, 0.717) is 12.3 Å². The summed E-state index contributed by atoms with van der Waals surface area (Å²) < 4.78 is 20.8. The normalized spacial score (nSPS) is 11.5. The van der Waals surface area contributed by atoms with Gasteiger partial charge < -0.3 is 9.79 Å². The van der Waals surface area contributed by atoms with Crippen molar-refractivity contribution in [2.75, 3.05) is 12.3 Å². The minimum Gasteiger partial charge on any atom is -0.596 e. The van der Waals surface area contributed by atoms with E-state index in [1.165, 1.54) is 180 Å². The van der Waals surface area contributed by atoms with E-state index in [0.717, 1.165) is 25.7 Å². The topological polar surface area (TPSA) is 80.3 Å². The first-order chi connectivity index (χ1) is 20.5. The standard InChI is InChI=1S/2C18H37O2P.Cr/c2*1-2-3-4-5-6-7-8-9-10-11-12-13-14-15-16-17-18-21(19)20;/h2*2-18H2,1H3;/q;;+2. The summed E-state index contributed by atoms with van der Waals surface area (Å²) >= 11 is 0. The summed E-state index contributed by atoms with van der Waals surface area (Å²) in [5, 5.41) is 0. The zero-order valence-electron chi connectivity index (χ0n) is 29.0. The Labute approximate surface area is 283 Å². The molecule has 2 unspecified atom stereocenters. The fourth-order valence-electron chi connectivity index (χ4n) is 5.58. The van der Waals surface area contributed by atoms with Gasteiger partial charge in [0.25, 0.3) is 0 Å². The molecule has 0 aliphatic carbocycles. The fraction of sp³-hybridized carbons (Fsp3) is 1.00. The summed E-state index contributed by atoms with van der Waals surface area (Å²) in [5.74, 6) is 0. The first kappa shape index (κ1) is 48.1. The van der Waals surface area contributed by atoms with Gasteiger partial charge in [-0.1, -0.05) is 203 Å². The molecule has 0 aromatic heterocycles. The molecular weight excluding hydrogens is 610 g/mol. The van der Waals surface area contributed by atoms with Crippen molar-refractivity contribution >= 4 is 16.1 Å². The maximum atomic E-state index is 10.4. The van der Waals surface area contributed by atoms with E-state index in [-0.39, 0.29) is 17.4 Å². The van der Waals surface area contributed by atoms with E-state index in [1.807, 2.05) is 0 Å². The van der Waals surface area contributed by atoms with Crippen molar-refractivity contribution < 1.29 is 36.3 Å². The second-order valence-electron chi connectivity index (χ2n) is 12.7. The summed E-state index contributed by atoms with van der Waals surface area (Å²) in [6, 6.07) is 0. The van der Waals surface area contributed by atoms with Gasteiger partial charge in [0.2, 0.25) is 0 Å². The van der Waals surface area contributed by atoms with E-state index in [9.17, 15) is 18.9 Å². The van der Waals surface area contributed by atoms with Crippen LogP contribution in [0.2, 0.25) is 0 Å². The van der Waals surface area contributed by atoms with Crippen LogP contribution in [0, 0.1) is 0 Å². The van der Waals surface area contributed by atoms with Gasteiger partial charge in [0.15, 0.2) is 0 Å². The zero-order chi connectivity index (χ0) is 31.2. The third kappa shape index (κ3) is 52.5. The zero-order valence-corrected chi connectivity index (χ0v) is 32.0. The van der Waals surface area contributed by atoms with Crippen LogP contribution < -0.4 is 9.79 Å². The van der Waals surface area contributed by atoms with Crippen molar-refractivity contribution in [3.05, 3.63) is 0 Å². The Balaban J connectivity index is -0.000000727. The molecule has 0 aliphatic heterocycles. The van der Waals surface area contributed by atoms with E-state index >= 15 is 0 Å². The Morgan fingerprint density at radius 2 is 0.442 bits per heavy atom. The van der Waals surface area contributed by atoms with Crippen molar-refractivity contribution in [3.8, 4) is 0 Å². The van der Waals surface area contributed by atoms with Crippen LogP contribution in [0.3, 0.4) is 0 Å². The summed E-state index contributed by atoms with van der Waals surface area (Å²) in [4.78, 5) is 20.8. The number of unbranched alkanes of at least 4 members (excludes halogenated alkanes) is 30. The molecule has 0 aliphatic rings. The molecule has 0 radical (unpaired) electrons. The molecule has 2 atom stereocenters. The molecule has 0 rings (SSSR count). The first-order valence-corrected chi connectivity index (χ1v) is 21.5. The van der Waals surface area contributed by atoms with Crippen LogP contribution in [0.4, 0.5) is 0 Å². The number of hydrogen-bond donors (Lipinski definition) is 0. The fourth-order valence-corrected chi connectivity index (χ4v) is 6.54. The molecule has 0 aromatic rings. The first-order valence-electron chi connectivity index (χ1n) is 18.8. The predicted octanol–water partition coefficient (Wildman–Crippen LogP) is 12.7. The summed E-state index contributed by atoms with van der Waals surface area (Å²) in [6.45, 7) is 4.55. The Kier molecular flexibility index (Phi) is 50.0. The molecule has 7 heteroatoms. The summed E-state index contributed by atoms with van der Waals surface area (Å²) in [6.07, 6.45) is 43.4. The third-order valence-corrected chi connectivity index (χ3v) is 9.75. The maximum absolute atomic E-state index is 10.4. The molecule has 0 spiro atoms. The van der Waals surface area contributed by atoms with Crippen molar-refractivity contribution in [1.82, 2.24) is 0 Å². The number of rotatable bonds is 34. The van der Waals surface area contributed by atoms with Crippen LogP contribution in [-0.2, 0) is 26.5 Å². The van der Waals surface area contributed by atoms with Gasteiger partial charge in [-0.15, -0.1) is 0 Å². The molecular formula is C36H74CrO4P2+2. The number of hydrogen-bond acceptors (Lipinski definition) is 4. The largest absolute Gasteiger partial charge is 2.00 e. The molecule has 0 saturated carbocycles. The van der Waals surface area contributed by atoms with Crippen LogP contribution >= 0.6 is 16.1 Å². The van der Waals surface area contributed by atoms with Crippen molar-refractivity contribution in [2.45, 2.75) is 219 Å². The molecule has 0 N–H and O–H groups in total. The quantitative estimate of drug-likeness (QED) is 0.0499. The van der Waals surface area contributed by atoms with E-state index < -0.39 is 16.1 Å². The Hall–Kier alpha value is 0.652. The van der Waals surface area contributed by atoms with Gasteiger partial charge in [-0.25, -0.2) is 0 Å². The second kappa shape index (κ2) is 44.8. The van der Waals surface area contributed by atoms with Gasteiger partial charge >= 0.3 is 33.4 Å². The molecule has 0 fully saturated rings. The third-order valence-electron chi connectivity index (χ3n) is 8.39. The van der Waals surface area contributed by atoms with Crippen molar-refractivity contribution in [1.29, 1.82) is 0 Å². The molecule has 256 valence electrons.